The molecule has 0 spiro atoms. The summed E-state index contributed by atoms with van der Waals surface area (Å²) in [6.07, 6.45) is 1.27. The minimum Gasteiger partial charge on any atom is -0.454 e. The highest BCUT2D eigenvalue weighted by atomic mass is 16.7. The zero-order chi connectivity index (χ0) is 20.4. The quantitative estimate of drug-likeness (QED) is 0.458. The van der Waals surface area contributed by atoms with E-state index >= 15 is 0 Å². The van der Waals surface area contributed by atoms with E-state index in [4.69, 9.17) is 15.2 Å². The van der Waals surface area contributed by atoms with E-state index in [1.165, 1.54) is 4.68 Å². The average molecular weight is 398 g/mol. The maximum absolute atomic E-state index is 12.7. The molecule has 3 aromatic rings. The Bertz CT molecular complexity index is 1090. The molecular formula is C17H18N8O4. The number of nitrogen functional groups attached to an aromatic ring is 1. The number of fused-ring (bicyclic) bond motifs is 1. The molecule has 0 fully saturated rings. The van der Waals surface area contributed by atoms with Crippen LogP contribution in [0.1, 0.15) is 42.0 Å². The number of hydrazone groups is 1. The molecule has 0 aliphatic carbocycles. The molecule has 12 heteroatoms. The third kappa shape index (κ3) is 3.47. The fourth-order valence-corrected chi connectivity index (χ4v) is 2.82. The van der Waals surface area contributed by atoms with Crippen molar-refractivity contribution in [1.82, 2.24) is 30.7 Å². The lowest BCUT2D eigenvalue weighted by Crippen LogP contribution is -2.21. The predicted octanol–water partition coefficient (Wildman–Crippen LogP) is 1.07. The first-order valence-electron chi connectivity index (χ1n) is 8.86. The largest absolute Gasteiger partial charge is 0.454 e. The van der Waals surface area contributed by atoms with Crippen molar-refractivity contribution in [2.24, 2.45) is 5.10 Å². The van der Waals surface area contributed by atoms with Crippen LogP contribution in [0.25, 0.3) is 5.82 Å². The molecule has 3 N–H and O–H groups in total. The number of hydrogen-bond acceptors (Lipinski definition) is 10. The van der Waals surface area contributed by atoms with Gasteiger partial charge in [0.15, 0.2) is 17.2 Å². The molecule has 2 aromatic heterocycles. The zero-order valence-corrected chi connectivity index (χ0v) is 15.7. The van der Waals surface area contributed by atoms with Crippen molar-refractivity contribution < 1.29 is 18.9 Å². The Hall–Kier alpha value is -3.96. The third-order valence-corrected chi connectivity index (χ3v) is 4.28. The molecule has 29 heavy (non-hydrogen) atoms. The smallest absolute Gasteiger partial charge is 0.293 e. The van der Waals surface area contributed by atoms with Gasteiger partial charge in [-0.15, -0.1) is 5.10 Å². The molecule has 1 amide bonds. The summed E-state index contributed by atoms with van der Waals surface area (Å²) >= 11 is 0. The number of aromatic nitrogens is 5. The lowest BCUT2D eigenvalue weighted by molar-refractivity contribution is 0.0948. The Balaban J connectivity index is 1.56. The van der Waals surface area contributed by atoms with E-state index in [0.29, 0.717) is 29.3 Å². The highest BCUT2D eigenvalue weighted by Crippen LogP contribution is 2.32. The summed E-state index contributed by atoms with van der Waals surface area (Å²) in [7, 11) is 0. The summed E-state index contributed by atoms with van der Waals surface area (Å²) in [5, 5.41) is 19.3. The molecule has 0 unspecified atom stereocenters. The number of ether oxygens (including phenoxy) is 2. The highest BCUT2D eigenvalue weighted by Gasteiger charge is 2.23. The normalized spacial score (nSPS) is 13.0. The van der Waals surface area contributed by atoms with Crippen LogP contribution in [0.4, 0.5) is 5.82 Å². The van der Waals surface area contributed by atoms with Gasteiger partial charge in [0.2, 0.25) is 18.4 Å². The van der Waals surface area contributed by atoms with Crippen molar-refractivity contribution in [3.05, 3.63) is 35.2 Å². The molecule has 3 heterocycles. The van der Waals surface area contributed by atoms with E-state index < -0.39 is 5.91 Å². The van der Waals surface area contributed by atoms with Gasteiger partial charge in [0.1, 0.15) is 0 Å². The first kappa shape index (κ1) is 18.4. The van der Waals surface area contributed by atoms with Gasteiger partial charge in [-0.25, -0.2) is 10.1 Å². The molecular weight excluding hydrogens is 380 g/mol. The molecule has 1 aromatic carbocycles. The molecule has 0 saturated carbocycles. The van der Waals surface area contributed by atoms with Crippen LogP contribution < -0.4 is 20.6 Å². The van der Waals surface area contributed by atoms with Crippen LogP contribution in [0.15, 0.2) is 27.9 Å². The van der Waals surface area contributed by atoms with E-state index in [1.807, 2.05) is 13.0 Å². The molecule has 150 valence electrons. The molecule has 1 aliphatic rings. The first-order chi connectivity index (χ1) is 14.1. The number of carbonyl (C=O) groups is 1. The molecule has 0 radical (unpaired) electrons. The monoisotopic (exact) mass is 398 g/mol. The van der Waals surface area contributed by atoms with Crippen molar-refractivity contribution >= 4 is 17.4 Å². The minimum absolute atomic E-state index is 0.0517. The maximum atomic E-state index is 12.7. The van der Waals surface area contributed by atoms with Crippen molar-refractivity contribution in [1.29, 1.82) is 0 Å². The average Bonchev–Trinajstić information content (AvgIpc) is 3.45. The van der Waals surface area contributed by atoms with Crippen molar-refractivity contribution in [3.8, 4) is 17.3 Å². The summed E-state index contributed by atoms with van der Waals surface area (Å²) in [6, 6.07) is 5.42. The molecule has 0 bridgehead atoms. The highest BCUT2D eigenvalue weighted by molar-refractivity contribution is 6.01. The second kappa shape index (κ2) is 7.58. The number of anilines is 1. The number of hydrogen-bond donors (Lipinski definition) is 2. The fraction of sp³-hybridized carbons (Fsp3) is 0.294. The van der Waals surface area contributed by atoms with E-state index in [1.54, 1.807) is 19.1 Å². The van der Waals surface area contributed by atoms with Crippen LogP contribution in [0.3, 0.4) is 0 Å². The Morgan fingerprint density at radius 2 is 2.14 bits per heavy atom. The number of nitrogens with one attached hydrogen (secondary N) is 1. The van der Waals surface area contributed by atoms with E-state index in [-0.39, 0.29) is 24.1 Å². The summed E-state index contributed by atoms with van der Waals surface area (Å²) < 4.78 is 16.6. The summed E-state index contributed by atoms with van der Waals surface area (Å²) in [5.74, 6) is 1.04. The Kier molecular flexibility index (Phi) is 4.81. The van der Waals surface area contributed by atoms with Gasteiger partial charge in [0.05, 0.1) is 11.4 Å². The van der Waals surface area contributed by atoms with Gasteiger partial charge in [0, 0.05) is 5.56 Å². The topological polar surface area (TPSA) is 156 Å². The van der Waals surface area contributed by atoms with Crippen LogP contribution in [0.5, 0.6) is 11.5 Å². The Labute approximate surface area is 164 Å². The second-order valence-electron chi connectivity index (χ2n) is 6.23. The van der Waals surface area contributed by atoms with Gasteiger partial charge in [-0.05, 0) is 41.9 Å². The summed E-state index contributed by atoms with van der Waals surface area (Å²) in [4.78, 5) is 12.7. The van der Waals surface area contributed by atoms with Crippen LogP contribution in [-0.2, 0) is 6.42 Å². The van der Waals surface area contributed by atoms with Crippen LogP contribution >= 0.6 is 0 Å². The summed E-state index contributed by atoms with van der Waals surface area (Å²) in [6.45, 7) is 3.92. The van der Waals surface area contributed by atoms with Gasteiger partial charge in [-0.1, -0.05) is 18.6 Å². The number of carbonyl (C=O) groups excluding carboxylic acids is 1. The van der Waals surface area contributed by atoms with Gasteiger partial charge in [0.25, 0.3) is 5.91 Å². The van der Waals surface area contributed by atoms with E-state index in [9.17, 15) is 4.79 Å². The minimum atomic E-state index is -0.505. The lowest BCUT2D eigenvalue weighted by atomic mass is 10.1. The van der Waals surface area contributed by atoms with Gasteiger partial charge in [-0.3, -0.25) is 4.79 Å². The van der Waals surface area contributed by atoms with E-state index in [0.717, 1.165) is 12.0 Å². The van der Waals surface area contributed by atoms with Crippen molar-refractivity contribution in [3.63, 3.8) is 0 Å². The Morgan fingerprint density at radius 1 is 1.31 bits per heavy atom. The SMILES string of the molecule is CCCc1c(C(=O)N/N=C(/C)c2ccc3c(c2)OCO3)nnn1-c1nonc1N. The Morgan fingerprint density at radius 3 is 2.90 bits per heavy atom. The van der Waals surface area contributed by atoms with E-state index in [2.05, 4.69) is 35.8 Å². The van der Waals surface area contributed by atoms with Gasteiger partial charge < -0.3 is 15.2 Å². The maximum Gasteiger partial charge on any atom is 0.293 e. The van der Waals surface area contributed by atoms with Crippen molar-refractivity contribution in [2.45, 2.75) is 26.7 Å². The molecule has 0 saturated heterocycles. The number of nitrogens with two attached hydrogens (primary N) is 1. The number of benzene rings is 1. The molecule has 12 nitrogen and oxygen atoms in total. The van der Waals surface area contributed by atoms with Gasteiger partial charge >= 0.3 is 0 Å². The molecule has 0 atom stereocenters. The van der Waals surface area contributed by atoms with Crippen LogP contribution in [0.2, 0.25) is 0 Å². The number of amides is 1. The van der Waals surface area contributed by atoms with Crippen LogP contribution in [0, 0.1) is 0 Å². The number of rotatable bonds is 6. The third-order valence-electron chi connectivity index (χ3n) is 4.28. The fourth-order valence-electron chi connectivity index (χ4n) is 2.82. The second-order valence-corrected chi connectivity index (χ2v) is 6.23. The summed E-state index contributed by atoms with van der Waals surface area (Å²) in [5.41, 5.74) is 10.3. The molecule has 4 rings (SSSR count). The first-order valence-corrected chi connectivity index (χ1v) is 8.86. The van der Waals surface area contributed by atoms with Crippen LogP contribution in [-0.4, -0.2) is 43.7 Å². The predicted molar refractivity (Wildman–Crippen MR) is 99.9 cm³/mol. The standard InChI is InChI=1S/C17H18N8O4/c1-3-4-11-14(20-24-25(11)16-15(18)22-29-23-16)17(26)21-19-9(2)10-5-6-12-13(7-10)28-8-27-12/h5-7H,3-4,8H2,1-2H3,(H2,18,22)(H,21,26)/b19-9-. The van der Waals surface area contributed by atoms with Gasteiger partial charge in [-0.2, -0.15) is 9.78 Å². The lowest BCUT2D eigenvalue weighted by Gasteiger charge is -2.05. The zero-order valence-electron chi connectivity index (χ0n) is 15.7. The molecule has 1 aliphatic heterocycles. The number of nitrogens with zero attached hydrogens (tertiary/aromatic N) is 6. The van der Waals surface area contributed by atoms with Crippen molar-refractivity contribution in [2.75, 3.05) is 12.5 Å².